The highest BCUT2D eigenvalue weighted by atomic mass is 79.9. The Hall–Kier alpha value is -0.350. The van der Waals surface area contributed by atoms with Crippen molar-refractivity contribution in [2.24, 2.45) is 18.4 Å². The number of aryl methyl sites for hydroxylation is 2. The summed E-state index contributed by atoms with van der Waals surface area (Å²) in [6.07, 6.45) is 6.09. The largest absolute Gasteiger partial charge is 0.316 e. The second-order valence-electron chi connectivity index (χ2n) is 6.77. The summed E-state index contributed by atoms with van der Waals surface area (Å²) in [5.74, 6) is 0.749. The molecule has 3 nitrogen and oxygen atoms in total. The summed E-state index contributed by atoms with van der Waals surface area (Å²) in [4.78, 5) is 0. The highest BCUT2D eigenvalue weighted by molar-refractivity contribution is 9.10. The van der Waals surface area contributed by atoms with Gasteiger partial charge in [0.2, 0.25) is 0 Å². The third-order valence-corrected chi connectivity index (χ3v) is 6.03. The number of aromatic nitrogens is 2. The van der Waals surface area contributed by atoms with Crippen LogP contribution in [0.2, 0.25) is 0 Å². The summed E-state index contributed by atoms with van der Waals surface area (Å²) in [7, 11) is 4.16. The Bertz CT molecular complexity index is 465. The molecule has 1 fully saturated rings. The van der Waals surface area contributed by atoms with E-state index in [-0.39, 0.29) is 0 Å². The molecule has 20 heavy (non-hydrogen) atoms. The molecule has 0 radical (unpaired) electrons. The van der Waals surface area contributed by atoms with Crippen molar-refractivity contribution in [3.8, 4) is 0 Å². The minimum absolute atomic E-state index is 0.451. The van der Waals surface area contributed by atoms with E-state index >= 15 is 0 Å². The Balaban J connectivity index is 2.21. The van der Waals surface area contributed by atoms with Gasteiger partial charge in [-0.15, -0.1) is 0 Å². The van der Waals surface area contributed by atoms with Crippen molar-refractivity contribution in [2.45, 2.75) is 58.9 Å². The highest BCUT2D eigenvalue weighted by Crippen LogP contribution is 2.45. The minimum atomic E-state index is 0.451. The van der Waals surface area contributed by atoms with E-state index in [0.29, 0.717) is 11.5 Å². The molecule has 1 saturated carbocycles. The predicted molar refractivity (Wildman–Crippen MR) is 88.0 cm³/mol. The van der Waals surface area contributed by atoms with Crippen LogP contribution in [0.15, 0.2) is 4.47 Å². The van der Waals surface area contributed by atoms with Gasteiger partial charge < -0.3 is 5.32 Å². The zero-order chi connectivity index (χ0) is 14.9. The van der Waals surface area contributed by atoms with Crippen LogP contribution in [0.5, 0.6) is 0 Å². The molecule has 1 aromatic heterocycles. The Kier molecular flexibility index (Phi) is 4.96. The van der Waals surface area contributed by atoms with Gasteiger partial charge in [-0.05, 0) is 53.6 Å². The summed E-state index contributed by atoms with van der Waals surface area (Å²) >= 11 is 3.75. The molecule has 4 heteroatoms. The molecular formula is C16H28BrN3. The predicted octanol–water partition coefficient (Wildman–Crippen LogP) is 3.70. The first-order valence-corrected chi connectivity index (χ1v) is 8.57. The fourth-order valence-corrected chi connectivity index (χ4v) is 4.57. The summed E-state index contributed by atoms with van der Waals surface area (Å²) in [6.45, 7) is 7.00. The summed E-state index contributed by atoms with van der Waals surface area (Å²) in [5.41, 5.74) is 2.94. The molecule has 1 aliphatic rings. The van der Waals surface area contributed by atoms with Gasteiger partial charge in [0, 0.05) is 19.5 Å². The van der Waals surface area contributed by atoms with Crippen molar-refractivity contribution < 1.29 is 0 Å². The van der Waals surface area contributed by atoms with Gasteiger partial charge in [0.25, 0.3) is 0 Å². The molecule has 2 unspecified atom stereocenters. The third-order valence-electron chi connectivity index (χ3n) is 5.11. The second kappa shape index (κ2) is 6.18. The lowest BCUT2D eigenvalue weighted by atomic mass is 9.76. The van der Waals surface area contributed by atoms with Crippen LogP contribution in [0.4, 0.5) is 0 Å². The number of rotatable bonds is 5. The molecule has 0 bridgehead atoms. The zero-order valence-corrected chi connectivity index (χ0v) is 15.0. The van der Waals surface area contributed by atoms with Crippen molar-refractivity contribution in [3.05, 3.63) is 15.9 Å². The smallest absolute Gasteiger partial charge is 0.0766 e. The maximum atomic E-state index is 4.62. The average Bonchev–Trinajstić information content (AvgIpc) is 2.88. The van der Waals surface area contributed by atoms with Gasteiger partial charge in [-0.1, -0.05) is 27.2 Å². The van der Waals surface area contributed by atoms with Gasteiger partial charge >= 0.3 is 0 Å². The maximum absolute atomic E-state index is 4.62. The molecule has 2 rings (SSSR count). The molecular weight excluding hydrogens is 314 g/mol. The first-order chi connectivity index (χ1) is 9.40. The number of nitrogens with zero attached hydrogens (tertiary/aromatic N) is 2. The van der Waals surface area contributed by atoms with E-state index in [1.807, 2.05) is 0 Å². The van der Waals surface area contributed by atoms with E-state index in [1.165, 1.54) is 35.1 Å². The van der Waals surface area contributed by atoms with Gasteiger partial charge in [0.1, 0.15) is 0 Å². The van der Waals surface area contributed by atoms with Crippen LogP contribution in [0.25, 0.3) is 0 Å². The van der Waals surface area contributed by atoms with E-state index < -0.39 is 0 Å². The van der Waals surface area contributed by atoms with Gasteiger partial charge in [-0.2, -0.15) is 5.10 Å². The Morgan fingerprint density at radius 1 is 1.50 bits per heavy atom. The Morgan fingerprint density at radius 2 is 2.20 bits per heavy atom. The number of likely N-dealkylation sites (N-methyl/N-ethyl adjacent to an activating group) is 1. The van der Waals surface area contributed by atoms with Crippen LogP contribution < -0.4 is 5.32 Å². The van der Waals surface area contributed by atoms with E-state index in [0.717, 1.165) is 18.8 Å². The average molecular weight is 342 g/mol. The molecule has 0 amide bonds. The number of halogens is 1. The maximum Gasteiger partial charge on any atom is 0.0766 e. The third kappa shape index (κ3) is 2.96. The molecule has 0 aromatic carbocycles. The molecule has 0 saturated heterocycles. The monoisotopic (exact) mass is 341 g/mol. The molecule has 2 atom stereocenters. The van der Waals surface area contributed by atoms with Gasteiger partial charge in [-0.25, -0.2) is 0 Å². The topological polar surface area (TPSA) is 29.9 Å². The molecule has 1 aromatic rings. The summed E-state index contributed by atoms with van der Waals surface area (Å²) in [5, 5.41) is 8.19. The minimum Gasteiger partial charge on any atom is -0.316 e. The van der Waals surface area contributed by atoms with Crippen LogP contribution in [0, 0.1) is 11.3 Å². The molecule has 1 N–H and O–H groups in total. The summed E-state index contributed by atoms with van der Waals surface area (Å²) < 4.78 is 3.26. The van der Waals surface area contributed by atoms with E-state index in [2.05, 4.69) is 65.9 Å². The standard InChI is InChI=1S/C16H28BrN3/c1-6-12-15(17)14(20(5)19-12)10-13(18-4)11-8-7-9-16(11,2)3/h11,13,18H,6-10H2,1-5H3. The van der Waals surface area contributed by atoms with Crippen LogP contribution in [-0.4, -0.2) is 22.9 Å². The lowest BCUT2D eigenvalue weighted by molar-refractivity contribution is 0.200. The van der Waals surface area contributed by atoms with E-state index in [4.69, 9.17) is 0 Å². The number of nitrogens with one attached hydrogen (secondary N) is 1. The quantitative estimate of drug-likeness (QED) is 0.884. The molecule has 1 heterocycles. The number of hydrogen-bond acceptors (Lipinski definition) is 2. The van der Waals surface area contributed by atoms with Gasteiger partial charge in [0.15, 0.2) is 0 Å². The van der Waals surface area contributed by atoms with Gasteiger partial charge in [-0.3, -0.25) is 4.68 Å². The summed E-state index contributed by atoms with van der Waals surface area (Å²) in [6, 6.07) is 0.531. The van der Waals surface area contributed by atoms with Crippen LogP contribution in [-0.2, 0) is 19.9 Å². The lowest BCUT2D eigenvalue weighted by Crippen LogP contribution is -2.41. The fraction of sp³-hybridized carbons (Fsp3) is 0.812. The van der Waals surface area contributed by atoms with Crippen LogP contribution in [0.1, 0.15) is 51.4 Å². The molecule has 0 spiro atoms. The first-order valence-electron chi connectivity index (χ1n) is 7.78. The Morgan fingerprint density at radius 3 is 2.65 bits per heavy atom. The van der Waals surface area contributed by atoms with Gasteiger partial charge in [0.05, 0.1) is 15.9 Å². The molecule has 114 valence electrons. The van der Waals surface area contributed by atoms with Crippen molar-refractivity contribution in [3.63, 3.8) is 0 Å². The zero-order valence-electron chi connectivity index (χ0n) is 13.5. The normalized spacial score (nSPS) is 23.2. The highest BCUT2D eigenvalue weighted by Gasteiger charge is 2.39. The SMILES string of the molecule is CCc1nn(C)c(CC(NC)C2CCCC2(C)C)c1Br. The number of hydrogen-bond donors (Lipinski definition) is 1. The van der Waals surface area contributed by atoms with Crippen molar-refractivity contribution in [2.75, 3.05) is 7.05 Å². The van der Waals surface area contributed by atoms with Crippen molar-refractivity contribution in [1.29, 1.82) is 0 Å². The second-order valence-corrected chi connectivity index (χ2v) is 7.56. The first kappa shape index (κ1) is 16.0. The van der Waals surface area contributed by atoms with Crippen molar-refractivity contribution >= 4 is 15.9 Å². The van der Waals surface area contributed by atoms with Crippen LogP contribution in [0.3, 0.4) is 0 Å². The Labute approximate surface area is 131 Å². The van der Waals surface area contributed by atoms with E-state index in [9.17, 15) is 0 Å². The molecule has 1 aliphatic carbocycles. The molecule has 0 aliphatic heterocycles. The van der Waals surface area contributed by atoms with Crippen molar-refractivity contribution in [1.82, 2.24) is 15.1 Å². The van der Waals surface area contributed by atoms with E-state index in [1.54, 1.807) is 0 Å². The lowest BCUT2D eigenvalue weighted by Gasteiger charge is -2.34. The van der Waals surface area contributed by atoms with Crippen LogP contribution >= 0.6 is 15.9 Å². The fourth-order valence-electron chi connectivity index (χ4n) is 3.79.